The molecule has 2 aromatic heterocycles. The SMILES string of the molecule is CCNC(C)c1cccn1Cc1nnn(C)n1. The third-order valence-corrected chi connectivity index (χ3v) is 2.68. The number of aromatic nitrogens is 5. The fourth-order valence-electron chi connectivity index (χ4n) is 1.91. The van der Waals surface area contributed by atoms with E-state index in [1.54, 1.807) is 7.05 Å². The Morgan fingerprint density at radius 3 is 2.94 bits per heavy atom. The van der Waals surface area contributed by atoms with Gasteiger partial charge in [-0.05, 0) is 30.8 Å². The number of nitrogens with one attached hydrogen (secondary N) is 1. The molecule has 0 radical (unpaired) electrons. The van der Waals surface area contributed by atoms with E-state index in [0.29, 0.717) is 12.6 Å². The summed E-state index contributed by atoms with van der Waals surface area (Å²) in [6.07, 6.45) is 2.04. The van der Waals surface area contributed by atoms with Crippen LogP contribution >= 0.6 is 0 Å². The normalized spacial score (nSPS) is 12.9. The smallest absolute Gasteiger partial charge is 0.194 e. The van der Waals surface area contributed by atoms with Crippen molar-refractivity contribution in [3.8, 4) is 0 Å². The maximum Gasteiger partial charge on any atom is 0.194 e. The van der Waals surface area contributed by atoms with E-state index in [4.69, 9.17) is 0 Å². The van der Waals surface area contributed by atoms with E-state index in [1.165, 1.54) is 10.5 Å². The molecular formula is C11H18N6. The number of rotatable bonds is 5. The van der Waals surface area contributed by atoms with Crippen LogP contribution in [0.15, 0.2) is 18.3 Å². The molecule has 0 aromatic carbocycles. The minimum atomic E-state index is 0.326. The third-order valence-electron chi connectivity index (χ3n) is 2.68. The highest BCUT2D eigenvalue weighted by Crippen LogP contribution is 2.13. The summed E-state index contributed by atoms with van der Waals surface area (Å²) < 4.78 is 2.14. The van der Waals surface area contributed by atoms with E-state index in [1.807, 2.05) is 12.3 Å². The number of nitrogens with zero attached hydrogens (tertiary/aromatic N) is 5. The Labute approximate surface area is 101 Å². The van der Waals surface area contributed by atoms with Crippen LogP contribution in [0.4, 0.5) is 0 Å². The summed E-state index contributed by atoms with van der Waals surface area (Å²) in [6, 6.07) is 4.48. The number of hydrogen-bond donors (Lipinski definition) is 1. The molecule has 17 heavy (non-hydrogen) atoms. The van der Waals surface area contributed by atoms with E-state index >= 15 is 0 Å². The van der Waals surface area contributed by atoms with Gasteiger partial charge in [0, 0.05) is 17.9 Å². The molecule has 2 rings (SSSR count). The van der Waals surface area contributed by atoms with Gasteiger partial charge in [0.2, 0.25) is 0 Å². The van der Waals surface area contributed by atoms with Gasteiger partial charge in [-0.15, -0.1) is 10.2 Å². The Morgan fingerprint density at radius 1 is 1.47 bits per heavy atom. The Morgan fingerprint density at radius 2 is 2.29 bits per heavy atom. The van der Waals surface area contributed by atoms with Gasteiger partial charge in [0.1, 0.15) is 0 Å². The van der Waals surface area contributed by atoms with Crippen LogP contribution in [0.2, 0.25) is 0 Å². The van der Waals surface area contributed by atoms with E-state index in [2.05, 4.69) is 45.2 Å². The predicted octanol–water partition coefficient (Wildman–Crippen LogP) is 0.730. The predicted molar refractivity (Wildman–Crippen MR) is 64.4 cm³/mol. The molecule has 0 aliphatic rings. The molecule has 1 atom stereocenters. The zero-order chi connectivity index (χ0) is 12.3. The van der Waals surface area contributed by atoms with Crippen LogP contribution in [0.3, 0.4) is 0 Å². The van der Waals surface area contributed by atoms with Gasteiger partial charge in [-0.1, -0.05) is 6.92 Å². The van der Waals surface area contributed by atoms with Gasteiger partial charge in [-0.2, -0.15) is 4.80 Å². The maximum atomic E-state index is 4.19. The highest BCUT2D eigenvalue weighted by molar-refractivity contribution is 5.12. The second kappa shape index (κ2) is 5.09. The summed E-state index contributed by atoms with van der Waals surface area (Å²) in [4.78, 5) is 1.48. The van der Waals surface area contributed by atoms with Crippen molar-refractivity contribution in [1.82, 2.24) is 30.1 Å². The summed E-state index contributed by atoms with van der Waals surface area (Å²) >= 11 is 0. The molecule has 2 aromatic rings. The fraction of sp³-hybridized carbons (Fsp3) is 0.545. The second-order valence-corrected chi connectivity index (χ2v) is 4.04. The molecule has 0 aliphatic carbocycles. The molecule has 0 bridgehead atoms. The van der Waals surface area contributed by atoms with E-state index in [9.17, 15) is 0 Å². The molecular weight excluding hydrogens is 216 g/mol. The van der Waals surface area contributed by atoms with Crippen molar-refractivity contribution in [3.05, 3.63) is 29.8 Å². The maximum absolute atomic E-state index is 4.19. The quantitative estimate of drug-likeness (QED) is 0.828. The molecule has 0 saturated carbocycles. The van der Waals surface area contributed by atoms with Crippen molar-refractivity contribution >= 4 is 0 Å². The molecule has 92 valence electrons. The van der Waals surface area contributed by atoms with Gasteiger partial charge in [-0.3, -0.25) is 0 Å². The first-order chi connectivity index (χ1) is 8.20. The van der Waals surface area contributed by atoms with Crippen LogP contribution in [0.5, 0.6) is 0 Å². The summed E-state index contributed by atoms with van der Waals surface area (Å²) in [7, 11) is 1.77. The molecule has 1 unspecified atom stereocenters. The number of hydrogen-bond acceptors (Lipinski definition) is 4. The average Bonchev–Trinajstić information content (AvgIpc) is 2.89. The Kier molecular flexibility index (Phi) is 3.53. The van der Waals surface area contributed by atoms with E-state index in [0.717, 1.165) is 12.4 Å². The van der Waals surface area contributed by atoms with Crippen LogP contribution in [0.25, 0.3) is 0 Å². The minimum absolute atomic E-state index is 0.326. The zero-order valence-corrected chi connectivity index (χ0v) is 10.5. The van der Waals surface area contributed by atoms with E-state index < -0.39 is 0 Å². The molecule has 6 nitrogen and oxygen atoms in total. The first-order valence-electron chi connectivity index (χ1n) is 5.82. The molecule has 0 amide bonds. The summed E-state index contributed by atoms with van der Waals surface area (Å²) in [5.41, 5.74) is 1.24. The van der Waals surface area contributed by atoms with Crippen molar-refractivity contribution in [1.29, 1.82) is 0 Å². The first kappa shape index (κ1) is 11.8. The molecule has 0 spiro atoms. The van der Waals surface area contributed by atoms with E-state index in [-0.39, 0.29) is 0 Å². The largest absolute Gasteiger partial charge is 0.342 e. The van der Waals surface area contributed by atoms with Crippen molar-refractivity contribution < 1.29 is 0 Å². The van der Waals surface area contributed by atoms with Gasteiger partial charge >= 0.3 is 0 Å². The van der Waals surface area contributed by atoms with Crippen LogP contribution in [-0.4, -0.2) is 31.3 Å². The molecule has 0 saturated heterocycles. The van der Waals surface area contributed by atoms with Crippen LogP contribution in [-0.2, 0) is 13.6 Å². The van der Waals surface area contributed by atoms with Gasteiger partial charge in [0.05, 0.1) is 13.6 Å². The van der Waals surface area contributed by atoms with Gasteiger partial charge < -0.3 is 9.88 Å². The lowest BCUT2D eigenvalue weighted by atomic mass is 10.2. The lowest BCUT2D eigenvalue weighted by Crippen LogP contribution is -2.21. The molecule has 0 aliphatic heterocycles. The minimum Gasteiger partial charge on any atom is -0.342 e. The van der Waals surface area contributed by atoms with Crippen molar-refractivity contribution in [3.63, 3.8) is 0 Å². The Bertz CT molecular complexity index is 472. The molecule has 1 N–H and O–H groups in total. The number of aryl methyl sites for hydroxylation is 1. The van der Waals surface area contributed by atoms with Gasteiger partial charge in [0.25, 0.3) is 0 Å². The van der Waals surface area contributed by atoms with Crippen LogP contribution in [0.1, 0.15) is 31.4 Å². The lowest BCUT2D eigenvalue weighted by molar-refractivity contribution is 0.548. The Hall–Kier alpha value is -1.69. The summed E-state index contributed by atoms with van der Waals surface area (Å²) in [5.74, 6) is 0.730. The van der Waals surface area contributed by atoms with Crippen molar-refractivity contribution in [2.45, 2.75) is 26.4 Å². The first-order valence-corrected chi connectivity index (χ1v) is 5.82. The zero-order valence-electron chi connectivity index (χ0n) is 10.5. The Balaban J connectivity index is 2.13. The fourth-order valence-corrected chi connectivity index (χ4v) is 1.91. The highest BCUT2D eigenvalue weighted by atomic mass is 15.6. The number of tetrazole rings is 1. The standard InChI is InChI=1S/C11H18N6/c1-4-12-9(2)10-6-5-7-17(10)8-11-13-15-16(3)14-11/h5-7,9,12H,4,8H2,1-3H3. The average molecular weight is 234 g/mol. The van der Waals surface area contributed by atoms with Crippen LogP contribution < -0.4 is 5.32 Å². The molecule has 6 heteroatoms. The van der Waals surface area contributed by atoms with Gasteiger partial charge in [0.15, 0.2) is 5.82 Å². The monoisotopic (exact) mass is 234 g/mol. The topological polar surface area (TPSA) is 60.6 Å². The lowest BCUT2D eigenvalue weighted by Gasteiger charge is -2.15. The van der Waals surface area contributed by atoms with Crippen molar-refractivity contribution in [2.24, 2.45) is 7.05 Å². The molecule has 2 heterocycles. The summed E-state index contributed by atoms with van der Waals surface area (Å²) in [6.45, 7) is 5.87. The highest BCUT2D eigenvalue weighted by Gasteiger charge is 2.10. The van der Waals surface area contributed by atoms with Crippen LogP contribution in [0, 0.1) is 0 Å². The molecule has 0 fully saturated rings. The summed E-state index contributed by atoms with van der Waals surface area (Å²) in [5, 5.41) is 15.4. The van der Waals surface area contributed by atoms with Gasteiger partial charge in [-0.25, -0.2) is 0 Å². The second-order valence-electron chi connectivity index (χ2n) is 4.04. The van der Waals surface area contributed by atoms with Crippen molar-refractivity contribution in [2.75, 3.05) is 6.54 Å². The third kappa shape index (κ3) is 2.71.